The standard InChI is InChI=1S/C17H22N2/c1-17(9-3-2-4-10-17)16-7-5-15(6-8-16)13-19-12-11-18-14-19/h5-8,11-12,14H,2-4,9-10,13H2,1H3. The quantitative estimate of drug-likeness (QED) is 0.804. The predicted octanol–water partition coefficient (Wildman–Crippen LogP) is 4.15. The van der Waals surface area contributed by atoms with E-state index >= 15 is 0 Å². The Bertz CT molecular complexity index is 505. The van der Waals surface area contributed by atoms with E-state index in [4.69, 9.17) is 0 Å². The largest absolute Gasteiger partial charge is 0.333 e. The van der Waals surface area contributed by atoms with Crippen molar-refractivity contribution in [3.05, 3.63) is 54.1 Å². The summed E-state index contributed by atoms with van der Waals surface area (Å²) in [5, 5.41) is 0. The maximum atomic E-state index is 4.08. The molecule has 0 amide bonds. The van der Waals surface area contributed by atoms with Gasteiger partial charge in [-0.25, -0.2) is 4.98 Å². The average molecular weight is 254 g/mol. The third kappa shape index (κ3) is 2.73. The summed E-state index contributed by atoms with van der Waals surface area (Å²) in [5.41, 5.74) is 3.27. The van der Waals surface area contributed by atoms with Crippen LogP contribution in [0.15, 0.2) is 43.0 Å². The van der Waals surface area contributed by atoms with Gasteiger partial charge in [0.2, 0.25) is 0 Å². The zero-order chi connectivity index (χ0) is 13.1. The van der Waals surface area contributed by atoms with Gasteiger partial charge in [0.1, 0.15) is 0 Å². The summed E-state index contributed by atoms with van der Waals surface area (Å²) in [6.07, 6.45) is 12.6. The second-order valence-corrected chi connectivity index (χ2v) is 6.05. The highest BCUT2D eigenvalue weighted by atomic mass is 15.0. The Hall–Kier alpha value is -1.57. The molecular formula is C17H22N2. The van der Waals surface area contributed by atoms with Gasteiger partial charge >= 0.3 is 0 Å². The summed E-state index contributed by atoms with van der Waals surface area (Å²) in [6, 6.07) is 9.21. The fourth-order valence-corrected chi connectivity index (χ4v) is 3.22. The molecule has 0 radical (unpaired) electrons. The molecule has 0 spiro atoms. The lowest BCUT2D eigenvalue weighted by molar-refractivity contribution is 0.319. The number of hydrogen-bond acceptors (Lipinski definition) is 1. The molecular weight excluding hydrogens is 232 g/mol. The fraction of sp³-hybridized carbons (Fsp3) is 0.471. The highest BCUT2D eigenvalue weighted by Gasteiger charge is 2.28. The third-order valence-corrected chi connectivity index (χ3v) is 4.53. The number of nitrogens with zero attached hydrogens (tertiary/aromatic N) is 2. The molecule has 0 unspecified atom stereocenters. The lowest BCUT2D eigenvalue weighted by Gasteiger charge is -2.34. The van der Waals surface area contributed by atoms with Gasteiger partial charge in [-0.3, -0.25) is 0 Å². The number of aromatic nitrogens is 2. The average Bonchev–Trinajstić information content (AvgIpc) is 2.93. The summed E-state index contributed by atoms with van der Waals surface area (Å²) >= 11 is 0. The summed E-state index contributed by atoms with van der Waals surface area (Å²) < 4.78 is 2.11. The molecule has 1 aromatic carbocycles. The second-order valence-electron chi connectivity index (χ2n) is 6.05. The van der Waals surface area contributed by atoms with Crippen molar-refractivity contribution in [1.29, 1.82) is 0 Å². The van der Waals surface area contributed by atoms with E-state index in [1.165, 1.54) is 43.2 Å². The monoisotopic (exact) mass is 254 g/mol. The van der Waals surface area contributed by atoms with E-state index in [0.717, 1.165) is 6.54 Å². The predicted molar refractivity (Wildman–Crippen MR) is 78.2 cm³/mol. The van der Waals surface area contributed by atoms with Crippen LogP contribution in [-0.4, -0.2) is 9.55 Å². The molecule has 3 rings (SSSR count). The second kappa shape index (κ2) is 5.20. The molecule has 2 aromatic rings. The highest BCUT2D eigenvalue weighted by Crippen LogP contribution is 2.38. The van der Waals surface area contributed by atoms with Gasteiger partial charge < -0.3 is 4.57 Å². The summed E-state index contributed by atoms with van der Waals surface area (Å²) in [4.78, 5) is 4.08. The number of hydrogen-bond donors (Lipinski definition) is 0. The van der Waals surface area contributed by atoms with Gasteiger partial charge in [-0.1, -0.05) is 50.5 Å². The van der Waals surface area contributed by atoms with Crippen LogP contribution in [0, 0.1) is 0 Å². The fourth-order valence-electron chi connectivity index (χ4n) is 3.22. The van der Waals surface area contributed by atoms with Gasteiger partial charge in [0, 0.05) is 18.9 Å². The maximum absolute atomic E-state index is 4.08. The smallest absolute Gasteiger partial charge is 0.0949 e. The van der Waals surface area contributed by atoms with Crippen molar-refractivity contribution in [3.8, 4) is 0 Å². The lowest BCUT2D eigenvalue weighted by Crippen LogP contribution is -2.24. The maximum Gasteiger partial charge on any atom is 0.0949 e. The Kier molecular flexibility index (Phi) is 3.41. The highest BCUT2D eigenvalue weighted by molar-refractivity contribution is 5.29. The Morgan fingerprint density at radius 3 is 2.47 bits per heavy atom. The zero-order valence-corrected chi connectivity index (χ0v) is 11.7. The third-order valence-electron chi connectivity index (χ3n) is 4.53. The molecule has 19 heavy (non-hydrogen) atoms. The van der Waals surface area contributed by atoms with Crippen molar-refractivity contribution in [2.24, 2.45) is 0 Å². The minimum absolute atomic E-state index is 0.409. The molecule has 100 valence electrons. The van der Waals surface area contributed by atoms with Crippen LogP contribution in [0.5, 0.6) is 0 Å². The van der Waals surface area contributed by atoms with E-state index in [0.29, 0.717) is 5.41 Å². The topological polar surface area (TPSA) is 17.8 Å². The molecule has 2 heteroatoms. The van der Waals surface area contributed by atoms with Crippen LogP contribution in [0.4, 0.5) is 0 Å². The van der Waals surface area contributed by atoms with Gasteiger partial charge in [0.05, 0.1) is 6.33 Å². The van der Waals surface area contributed by atoms with Crippen LogP contribution in [0.2, 0.25) is 0 Å². The lowest BCUT2D eigenvalue weighted by atomic mass is 9.71. The van der Waals surface area contributed by atoms with Gasteiger partial charge in [-0.15, -0.1) is 0 Å². The van der Waals surface area contributed by atoms with Gasteiger partial charge in [0.15, 0.2) is 0 Å². The first-order valence-corrected chi connectivity index (χ1v) is 7.31. The van der Waals surface area contributed by atoms with Gasteiger partial charge in [-0.05, 0) is 29.4 Å². The molecule has 0 saturated heterocycles. The Labute approximate surface area is 115 Å². The molecule has 0 N–H and O–H groups in total. The van der Waals surface area contributed by atoms with E-state index in [-0.39, 0.29) is 0 Å². The first-order valence-electron chi connectivity index (χ1n) is 7.31. The molecule has 0 atom stereocenters. The van der Waals surface area contributed by atoms with Crippen LogP contribution in [0.25, 0.3) is 0 Å². The molecule has 1 heterocycles. The Balaban J connectivity index is 1.75. The first-order chi connectivity index (χ1) is 9.26. The van der Waals surface area contributed by atoms with Gasteiger partial charge in [-0.2, -0.15) is 0 Å². The molecule has 1 aliphatic rings. The van der Waals surface area contributed by atoms with Crippen molar-refractivity contribution in [2.75, 3.05) is 0 Å². The molecule has 1 aromatic heterocycles. The Morgan fingerprint density at radius 2 is 1.84 bits per heavy atom. The molecule has 0 aliphatic heterocycles. The van der Waals surface area contributed by atoms with Crippen molar-refractivity contribution in [2.45, 2.75) is 51.0 Å². The van der Waals surface area contributed by atoms with E-state index in [9.17, 15) is 0 Å². The van der Waals surface area contributed by atoms with E-state index < -0.39 is 0 Å². The van der Waals surface area contributed by atoms with Crippen LogP contribution < -0.4 is 0 Å². The van der Waals surface area contributed by atoms with Crippen molar-refractivity contribution < 1.29 is 0 Å². The van der Waals surface area contributed by atoms with E-state index in [1.807, 2.05) is 18.7 Å². The summed E-state index contributed by atoms with van der Waals surface area (Å²) in [7, 11) is 0. The van der Waals surface area contributed by atoms with E-state index in [2.05, 4.69) is 40.7 Å². The molecule has 1 saturated carbocycles. The molecule has 2 nitrogen and oxygen atoms in total. The summed E-state index contributed by atoms with van der Waals surface area (Å²) in [6.45, 7) is 3.34. The summed E-state index contributed by atoms with van der Waals surface area (Å²) in [5.74, 6) is 0. The normalized spacial score (nSPS) is 18.4. The van der Waals surface area contributed by atoms with Crippen molar-refractivity contribution >= 4 is 0 Å². The van der Waals surface area contributed by atoms with Crippen molar-refractivity contribution in [3.63, 3.8) is 0 Å². The van der Waals surface area contributed by atoms with Crippen LogP contribution in [-0.2, 0) is 12.0 Å². The molecule has 1 fully saturated rings. The zero-order valence-electron chi connectivity index (χ0n) is 11.7. The molecule has 1 aliphatic carbocycles. The Morgan fingerprint density at radius 1 is 1.11 bits per heavy atom. The van der Waals surface area contributed by atoms with E-state index in [1.54, 1.807) is 0 Å². The minimum atomic E-state index is 0.409. The molecule has 0 bridgehead atoms. The SMILES string of the molecule is CC1(c2ccc(Cn3ccnc3)cc2)CCCCC1. The number of benzene rings is 1. The number of imidazole rings is 1. The van der Waals surface area contributed by atoms with Crippen LogP contribution >= 0.6 is 0 Å². The van der Waals surface area contributed by atoms with Crippen LogP contribution in [0.3, 0.4) is 0 Å². The van der Waals surface area contributed by atoms with Gasteiger partial charge in [0.25, 0.3) is 0 Å². The number of rotatable bonds is 3. The van der Waals surface area contributed by atoms with Crippen LogP contribution in [0.1, 0.15) is 50.2 Å². The minimum Gasteiger partial charge on any atom is -0.333 e. The van der Waals surface area contributed by atoms with Crippen molar-refractivity contribution in [1.82, 2.24) is 9.55 Å². The first kappa shape index (κ1) is 12.5.